The molecule has 0 aliphatic rings. The van der Waals surface area contributed by atoms with Crippen LogP contribution in [0.15, 0.2) is 69.7 Å². The number of pyridine rings is 1. The number of nitrogens with one attached hydrogen (secondary N) is 2. The Labute approximate surface area is 174 Å². The van der Waals surface area contributed by atoms with E-state index in [1.807, 2.05) is 36.4 Å². The van der Waals surface area contributed by atoms with Gasteiger partial charge in [-0.15, -0.1) is 0 Å². The van der Waals surface area contributed by atoms with Crippen LogP contribution < -0.4 is 10.6 Å². The van der Waals surface area contributed by atoms with Crippen molar-refractivity contribution in [3.63, 3.8) is 0 Å². The van der Waals surface area contributed by atoms with Crippen LogP contribution >= 0.6 is 15.9 Å². The van der Waals surface area contributed by atoms with Crippen LogP contribution in [0.5, 0.6) is 0 Å². The predicted molar refractivity (Wildman–Crippen MR) is 115 cm³/mol. The zero-order valence-corrected chi connectivity index (χ0v) is 16.8. The number of halogens is 1. The Balaban J connectivity index is 1.75. The summed E-state index contributed by atoms with van der Waals surface area (Å²) in [6, 6.07) is 18.8. The fraction of sp³-hybridized carbons (Fsp3) is 0.0952. The summed E-state index contributed by atoms with van der Waals surface area (Å²) in [5.74, 6) is -0.331. The standard InChI is InChI=1S/C21H17BrN4O3/c22-18-8-4-7-16(25-18)20(28)24-14-11-15(13-5-2-1-3-6-13)19-17(12-14)29-21(26-19)23-9-10-27/h1-8,11-12,27H,9-10H2,(H,23,26)(H,24,28). The van der Waals surface area contributed by atoms with E-state index in [1.165, 1.54) is 0 Å². The molecule has 0 radical (unpaired) electrons. The summed E-state index contributed by atoms with van der Waals surface area (Å²) in [6.07, 6.45) is 0. The largest absolute Gasteiger partial charge is 0.423 e. The SMILES string of the molecule is O=C(Nc1cc(-c2ccccc2)c2nc(NCCO)oc2c1)c1cccc(Br)n1. The number of fused-ring (bicyclic) bond motifs is 1. The molecule has 146 valence electrons. The van der Waals surface area contributed by atoms with E-state index in [4.69, 9.17) is 9.52 Å². The van der Waals surface area contributed by atoms with Gasteiger partial charge < -0.3 is 20.2 Å². The zero-order chi connectivity index (χ0) is 20.2. The second kappa shape index (κ2) is 8.42. The van der Waals surface area contributed by atoms with E-state index in [9.17, 15) is 4.79 Å². The highest BCUT2D eigenvalue weighted by molar-refractivity contribution is 9.10. The van der Waals surface area contributed by atoms with Gasteiger partial charge in [0.2, 0.25) is 0 Å². The number of aliphatic hydroxyl groups is 1. The molecule has 0 saturated heterocycles. The van der Waals surface area contributed by atoms with Crippen molar-refractivity contribution in [3.8, 4) is 11.1 Å². The van der Waals surface area contributed by atoms with Crippen molar-refractivity contribution in [1.29, 1.82) is 0 Å². The number of carbonyl (C=O) groups excluding carboxylic acids is 1. The maximum atomic E-state index is 12.6. The maximum Gasteiger partial charge on any atom is 0.295 e. The molecule has 0 spiro atoms. The molecule has 0 atom stereocenters. The Morgan fingerprint density at radius 1 is 1.07 bits per heavy atom. The van der Waals surface area contributed by atoms with Gasteiger partial charge >= 0.3 is 0 Å². The second-order valence-electron chi connectivity index (χ2n) is 6.21. The number of aliphatic hydroxyl groups excluding tert-OH is 1. The molecule has 4 aromatic rings. The first-order valence-electron chi connectivity index (χ1n) is 8.92. The number of hydrogen-bond donors (Lipinski definition) is 3. The van der Waals surface area contributed by atoms with Crippen molar-refractivity contribution in [2.75, 3.05) is 23.8 Å². The first-order valence-corrected chi connectivity index (χ1v) is 9.72. The molecule has 8 heteroatoms. The minimum Gasteiger partial charge on any atom is -0.423 e. The van der Waals surface area contributed by atoms with Crippen LogP contribution in [-0.2, 0) is 0 Å². The van der Waals surface area contributed by atoms with Crippen molar-refractivity contribution < 1.29 is 14.3 Å². The molecule has 2 aromatic carbocycles. The maximum absolute atomic E-state index is 12.6. The first kappa shape index (κ1) is 19.1. The van der Waals surface area contributed by atoms with E-state index in [0.29, 0.717) is 39.6 Å². The predicted octanol–water partition coefficient (Wildman–Crippen LogP) is 4.31. The molecule has 0 aliphatic carbocycles. The van der Waals surface area contributed by atoms with Gasteiger partial charge in [-0.2, -0.15) is 4.98 Å². The lowest BCUT2D eigenvalue weighted by molar-refractivity contribution is 0.102. The average Bonchev–Trinajstić information content (AvgIpc) is 3.15. The number of amides is 1. The van der Waals surface area contributed by atoms with Gasteiger partial charge in [0, 0.05) is 23.9 Å². The van der Waals surface area contributed by atoms with Crippen LogP contribution in [0.3, 0.4) is 0 Å². The van der Waals surface area contributed by atoms with Gasteiger partial charge in [0.15, 0.2) is 5.58 Å². The summed E-state index contributed by atoms with van der Waals surface area (Å²) in [5.41, 5.74) is 3.80. The molecule has 0 aliphatic heterocycles. The lowest BCUT2D eigenvalue weighted by Crippen LogP contribution is -2.13. The molecule has 4 rings (SSSR count). The van der Waals surface area contributed by atoms with Crippen LogP contribution in [0.4, 0.5) is 11.7 Å². The lowest BCUT2D eigenvalue weighted by Gasteiger charge is -2.08. The van der Waals surface area contributed by atoms with Crippen LogP contribution in [0.25, 0.3) is 22.2 Å². The van der Waals surface area contributed by atoms with Gasteiger partial charge in [-0.05, 0) is 39.7 Å². The number of aromatic nitrogens is 2. The molecular formula is C21H17BrN4O3. The lowest BCUT2D eigenvalue weighted by atomic mass is 10.0. The van der Waals surface area contributed by atoms with Crippen molar-refractivity contribution in [2.24, 2.45) is 0 Å². The third kappa shape index (κ3) is 4.28. The van der Waals surface area contributed by atoms with Crippen molar-refractivity contribution in [1.82, 2.24) is 9.97 Å². The third-order valence-corrected chi connectivity index (χ3v) is 4.62. The summed E-state index contributed by atoms with van der Waals surface area (Å²) in [4.78, 5) is 21.3. The van der Waals surface area contributed by atoms with Gasteiger partial charge in [0.05, 0.1) is 6.61 Å². The molecular weight excluding hydrogens is 436 g/mol. The summed E-state index contributed by atoms with van der Waals surface area (Å²) >= 11 is 3.27. The monoisotopic (exact) mass is 452 g/mol. The molecule has 3 N–H and O–H groups in total. The summed E-state index contributed by atoms with van der Waals surface area (Å²) in [7, 11) is 0. The molecule has 0 unspecified atom stereocenters. The highest BCUT2D eigenvalue weighted by Gasteiger charge is 2.16. The molecule has 7 nitrogen and oxygen atoms in total. The quantitative estimate of drug-likeness (QED) is 0.377. The topological polar surface area (TPSA) is 100 Å². The number of nitrogens with zero attached hydrogens (tertiary/aromatic N) is 2. The minimum atomic E-state index is -0.331. The second-order valence-corrected chi connectivity index (χ2v) is 7.02. The van der Waals surface area contributed by atoms with E-state index in [-0.39, 0.29) is 12.5 Å². The van der Waals surface area contributed by atoms with E-state index < -0.39 is 0 Å². The average molecular weight is 453 g/mol. The number of anilines is 2. The van der Waals surface area contributed by atoms with Crippen LogP contribution in [-0.4, -0.2) is 34.1 Å². The molecule has 1 amide bonds. The molecule has 0 fully saturated rings. The fourth-order valence-corrected chi connectivity index (χ4v) is 3.25. The van der Waals surface area contributed by atoms with Crippen LogP contribution in [0.1, 0.15) is 10.5 Å². The first-order chi connectivity index (χ1) is 14.1. The Morgan fingerprint density at radius 2 is 1.90 bits per heavy atom. The number of hydrogen-bond acceptors (Lipinski definition) is 6. The molecule has 2 heterocycles. The highest BCUT2D eigenvalue weighted by Crippen LogP contribution is 2.33. The van der Waals surface area contributed by atoms with Gasteiger partial charge in [-0.25, -0.2) is 4.98 Å². The van der Waals surface area contributed by atoms with Crippen molar-refractivity contribution >= 4 is 44.6 Å². The van der Waals surface area contributed by atoms with Gasteiger partial charge in [-0.3, -0.25) is 4.79 Å². The van der Waals surface area contributed by atoms with E-state index in [0.717, 1.165) is 11.1 Å². The van der Waals surface area contributed by atoms with Crippen molar-refractivity contribution in [3.05, 3.63) is 71.0 Å². The molecule has 2 aromatic heterocycles. The van der Waals surface area contributed by atoms with Gasteiger partial charge in [0.25, 0.3) is 11.9 Å². The van der Waals surface area contributed by atoms with Gasteiger partial charge in [-0.1, -0.05) is 36.4 Å². The van der Waals surface area contributed by atoms with Gasteiger partial charge in [0.1, 0.15) is 15.8 Å². The Hall–Kier alpha value is -3.23. The number of rotatable bonds is 6. The van der Waals surface area contributed by atoms with E-state index in [1.54, 1.807) is 24.3 Å². The molecule has 29 heavy (non-hydrogen) atoms. The normalized spacial score (nSPS) is 10.8. The van der Waals surface area contributed by atoms with E-state index >= 15 is 0 Å². The molecule has 0 saturated carbocycles. The van der Waals surface area contributed by atoms with E-state index in [2.05, 4.69) is 36.5 Å². The zero-order valence-electron chi connectivity index (χ0n) is 15.2. The summed E-state index contributed by atoms with van der Waals surface area (Å²) in [5, 5.41) is 14.8. The van der Waals surface area contributed by atoms with Crippen molar-refractivity contribution in [2.45, 2.75) is 0 Å². The third-order valence-electron chi connectivity index (χ3n) is 4.17. The highest BCUT2D eigenvalue weighted by atomic mass is 79.9. The fourth-order valence-electron chi connectivity index (χ4n) is 2.91. The summed E-state index contributed by atoms with van der Waals surface area (Å²) in [6.45, 7) is 0.289. The Morgan fingerprint density at radius 3 is 2.66 bits per heavy atom. The number of oxazole rings is 1. The minimum absolute atomic E-state index is 0.0365. The number of benzene rings is 2. The molecule has 0 bridgehead atoms. The Bertz CT molecular complexity index is 1160. The summed E-state index contributed by atoms with van der Waals surface area (Å²) < 4.78 is 6.36. The number of carbonyl (C=O) groups is 1. The smallest absolute Gasteiger partial charge is 0.295 e. The van der Waals surface area contributed by atoms with Crippen LogP contribution in [0, 0.1) is 0 Å². The Kier molecular flexibility index (Phi) is 5.55. The van der Waals surface area contributed by atoms with Crippen LogP contribution in [0.2, 0.25) is 0 Å².